The standard InChI is InChI=1S/C14H19F2NO/c1-8-4-5-18-14(8)13(17-3)10-6-9(2)11(15)7-12(10)16/h6-8,13-14,17H,4-5H2,1-3H3. The van der Waals surface area contributed by atoms with Gasteiger partial charge in [0.1, 0.15) is 11.6 Å². The van der Waals surface area contributed by atoms with Gasteiger partial charge in [-0.25, -0.2) is 8.78 Å². The summed E-state index contributed by atoms with van der Waals surface area (Å²) in [6.07, 6.45) is 0.916. The molecule has 0 bridgehead atoms. The molecule has 18 heavy (non-hydrogen) atoms. The predicted molar refractivity (Wildman–Crippen MR) is 66.4 cm³/mol. The molecule has 0 spiro atoms. The first kappa shape index (κ1) is 13.4. The average Bonchev–Trinajstić information content (AvgIpc) is 2.73. The zero-order valence-corrected chi connectivity index (χ0v) is 11.0. The highest BCUT2D eigenvalue weighted by atomic mass is 19.1. The number of hydrogen-bond donors (Lipinski definition) is 1. The van der Waals surface area contributed by atoms with Gasteiger partial charge in [-0.2, -0.15) is 0 Å². The van der Waals surface area contributed by atoms with Crippen LogP contribution in [0, 0.1) is 24.5 Å². The van der Waals surface area contributed by atoms with Gasteiger partial charge < -0.3 is 10.1 Å². The van der Waals surface area contributed by atoms with Gasteiger partial charge >= 0.3 is 0 Å². The highest BCUT2D eigenvalue weighted by molar-refractivity contribution is 5.29. The Bertz CT molecular complexity index is 436. The molecule has 1 saturated heterocycles. The summed E-state index contributed by atoms with van der Waals surface area (Å²) in [7, 11) is 1.77. The van der Waals surface area contributed by atoms with E-state index in [0.717, 1.165) is 12.5 Å². The Labute approximate surface area is 106 Å². The molecule has 1 fully saturated rings. The van der Waals surface area contributed by atoms with Crippen LogP contribution in [0.2, 0.25) is 0 Å². The molecule has 1 heterocycles. The monoisotopic (exact) mass is 255 g/mol. The van der Waals surface area contributed by atoms with Crippen LogP contribution in [0.4, 0.5) is 8.78 Å². The molecule has 0 aromatic heterocycles. The summed E-state index contributed by atoms with van der Waals surface area (Å²) in [5.74, 6) is -0.654. The summed E-state index contributed by atoms with van der Waals surface area (Å²) in [4.78, 5) is 0. The number of aryl methyl sites for hydroxylation is 1. The molecule has 0 aliphatic carbocycles. The van der Waals surface area contributed by atoms with Crippen LogP contribution in [-0.2, 0) is 4.74 Å². The van der Waals surface area contributed by atoms with E-state index >= 15 is 0 Å². The van der Waals surface area contributed by atoms with Crippen molar-refractivity contribution < 1.29 is 13.5 Å². The van der Waals surface area contributed by atoms with Gasteiger partial charge in [0.2, 0.25) is 0 Å². The number of halogens is 2. The Hall–Kier alpha value is -1.00. The van der Waals surface area contributed by atoms with E-state index in [9.17, 15) is 8.78 Å². The quantitative estimate of drug-likeness (QED) is 0.896. The highest BCUT2D eigenvalue weighted by Crippen LogP contribution is 2.33. The maximum atomic E-state index is 13.9. The lowest BCUT2D eigenvalue weighted by molar-refractivity contribution is 0.0620. The molecule has 0 saturated carbocycles. The summed E-state index contributed by atoms with van der Waals surface area (Å²) in [6.45, 7) is 4.44. The van der Waals surface area contributed by atoms with Crippen LogP contribution in [0.25, 0.3) is 0 Å². The number of hydrogen-bond acceptors (Lipinski definition) is 2. The second-order valence-corrected chi connectivity index (χ2v) is 4.99. The van der Waals surface area contributed by atoms with Crippen molar-refractivity contribution in [2.45, 2.75) is 32.4 Å². The fourth-order valence-corrected chi connectivity index (χ4v) is 2.56. The lowest BCUT2D eigenvalue weighted by Gasteiger charge is -2.26. The van der Waals surface area contributed by atoms with Crippen molar-refractivity contribution in [3.05, 3.63) is 34.9 Å². The lowest BCUT2D eigenvalue weighted by Crippen LogP contribution is -2.33. The molecule has 2 nitrogen and oxygen atoms in total. The molecule has 3 unspecified atom stereocenters. The Morgan fingerprint density at radius 1 is 1.33 bits per heavy atom. The molecule has 2 rings (SSSR count). The number of benzene rings is 1. The van der Waals surface area contributed by atoms with Gasteiger partial charge in [-0.1, -0.05) is 6.92 Å². The van der Waals surface area contributed by atoms with E-state index in [2.05, 4.69) is 12.2 Å². The Balaban J connectivity index is 2.35. The summed E-state index contributed by atoms with van der Waals surface area (Å²) in [5, 5.41) is 3.09. The van der Waals surface area contributed by atoms with Crippen LogP contribution in [0.3, 0.4) is 0 Å². The lowest BCUT2D eigenvalue weighted by atomic mass is 9.91. The Morgan fingerprint density at radius 2 is 2.06 bits per heavy atom. The summed E-state index contributed by atoms with van der Waals surface area (Å²) in [6, 6.07) is 2.29. The molecule has 3 atom stereocenters. The zero-order valence-electron chi connectivity index (χ0n) is 11.0. The van der Waals surface area contributed by atoms with Gasteiger partial charge in [-0.3, -0.25) is 0 Å². The van der Waals surface area contributed by atoms with Crippen LogP contribution in [0.15, 0.2) is 12.1 Å². The molecule has 1 aliphatic heterocycles. The highest BCUT2D eigenvalue weighted by Gasteiger charge is 2.33. The minimum Gasteiger partial charge on any atom is -0.376 e. The molecule has 4 heteroatoms. The van der Waals surface area contributed by atoms with Crippen molar-refractivity contribution in [3.8, 4) is 0 Å². The normalized spacial score (nSPS) is 25.4. The molecule has 1 aromatic carbocycles. The number of rotatable bonds is 3. The van der Waals surface area contributed by atoms with Gasteiger partial charge in [-0.05, 0) is 37.9 Å². The van der Waals surface area contributed by atoms with Gasteiger partial charge in [0.15, 0.2) is 0 Å². The minimum atomic E-state index is -0.514. The third-order valence-corrected chi connectivity index (χ3v) is 3.70. The summed E-state index contributed by atoms with van der Waals surface area (Å²) >= 11 is 0. The predicted octanol–water partition coefficient (Wildman–Crippen LogP) is 2.96. The maximum Gasteiger partial charge on any atom is 0.131 e. The first-order valence-electron chi connectivity index (χ1n) is 6.29. The van der Waals surface area contributed by atoms with Crippen molar-refractivity contribution in [2.75, 3.05) is 13.7 Å². The molecular weight excluding hydrogens is 236 g/mol. The van der Waals surface area contributed by atoms with Crippen molar-refractivity contribution in [3.63, 3.8) is 0 Å². The fourth-order valence-electron chi connectivity index (χ4n) is 2.56. The molecule has 1 N–H and O–H groups in total. The van der Waals surface area contributed by atoms with Crippen molar-refractivity contribution in [1.29, 1.82) is 0 Å². The third-order valence-electron chi connectivity index (χ3n) is 3.70. The summed E-state index contributed by atoms with van der Waals surface area (Å²) < 4.78 is 32.9. The second kappa shape index (κ2) is 5.33. The Morgan fingerprint density at radius 3 is 2.61 bits per heavy atom. The van der Waals surface area contributed by atoms with Crippen LogP contribution in [0.5, 0.6) is 0 Å². The largest absolute Gasteiger partial charge is 0.376 e. The van der Waals surface area contributed by atoms with E-state index in [4.69, 9.17) is 4.74 Å². The van der Waals surface area contributed by atoms with Gasteiger partial charge in [0.05, 0.1) is 12.1 Å². The third kappa shape index (κ3) is 2.40. The minimum absolute atomic E-state index is 0.0608. The molecule has 0 radical (unpaired) electrons. The van der Waals surface area contributed by atoms with Crippen molar-refractivity contribution >= 4 is 0 Å². The smallest absolute Gasteiger partial charge is 0.131 e. The molecule has 0 amide bonds. The fraction of sp³-hybridized carbons (Fsp3) is 0.571. The van der Waals surface area contributed by atoms with Crippen LogP contribution in [-0.4, -0.2) is 19.8 Å². The average molecular weight is 255 g/mol. The number of nitrogens with one attached hydrogen (secondary N) is 1. The SMILES string of the molecule is CNC(c1cc(C)c(F)cc1F)C1OCCC1C. The molecule has 100 valence electrons. The van der Waals surface area contributed by atoms with Gasteiger partial charge in [0, 0.05) is 18.2 Å². The van der Waals surface area contributed by atoms with Crippen molar-refractivity contribution in [1.82, 2.24) is 5.32 Å². The van der Waals surface area contributed by atoms with Crippen LogP contribution >= 0.6 is 0 Å². The molecular formula is C14H19F2NO. The van der Waals surface area contributed by atoms with E-state index in [0.29, 0.717) is 23.7 Å². The van der Waals surface area contributed by atoms with Gasteiger partial charge in [0.25, 0.3) is 0 Å². The maximum absolute atomic E-state index is 13.9. The first-order valence-corrected chi connectivity index (χ1v) is 6.29. The first-order chi connectivity index (χ1) is 8.54. The number of ether oxygens (including phenoxy) is 1. The van der Waals surface area contributed by atoms with E-state index in [1.54, 1.807) is 20.0 Å². The van der Waals surface area contributed by atoms with Crippen molar-refractivity contribution in [2.24, 2.45) is 5.92 Å². The van der Waals surface area contributed by atoms with E-state index in [1.807, 2.05) is 0 Å². The Kier molecular flexibility index (Phi) is 3.97. The van der Waals surface area contributed by atoms with E-state index in [1.165, 1.54) is 0 Å². The topological polar surface area (TPSA) is 21.3 Å². The van der Waals surface area contributed by atoms with Gasteiger partial charge in [-0.15, -0.1) is 0 Å². The van der Waals surface area contributed by atoms with Crippen LogP contribution < -0.4 is 5.32 Å². The van der Waals surface area contributed by atoms with Crippen LogP contribution in [0.1, 0.15) is 30.5 Å². The van der Waals surface area contributed by atoms with E-state index in [-0.39, 0.29) is 12.1 Å². The number of likely N-dealkylation sites (N-methyl/N-ethyl adjacent to an activating group) is 1. The second-order valence-electron chi connectivity index (χ2n) is 4.99. The molecule has 1 aromatic rings. The molecule has 1 aliphatic rings. The summed E-state index contributed by atoms with van der Waals surface area (Å²) in [5.41, 5.74) is 0.937. The zero-order chi connectivity index (χ0) is 13.3. The van der Waals surface area contributed by atoms with E-state index < -0.39 is 11.6 Å².